The summed E-state index contributed by atoms with van der Waals surface area (Å²) in [5.41, 5.74) is 0.606. The zero-order valence-electron chi connectivity index (χ0n) is 14.1. The molecule has 1 saturated heterocycles. The predicted molar refractivity (Wildman–Crippen MR) is 98.5 cm³/mol. The van der Waals surface area contributed by atoms with E-state index >= 15 is 0 Å². The maximum atomic E-state index is 4.56. The molecule has 4 rings (SSSR count). The topological polar surface area (TPSA) is 30.9 Å². The molecule has 3 aliphatic rings. The van der Waals surface area contributed by atoms with E-state index in [9.17, 15) is 0 Å². The Morgan fingerprint density at radius 1 is 1.30 bits per heavy atom. The first-order valence-corrected chi connectivity index (χ1v) is 9.93. The summed E-state index contributed by atoms with van der Waals surface area (Å²) in [6, 6.07) is 4.37. The van der Waals surface area contributed by atoms with Gasteiger partial charge in [0.2, 0.25) is 0 Å². The molecule has 0 spiro atoms. The molecule has 0 bridgehead atoms. The van der Waals surface area contributed by atoms with Crippen molar-refractivity contribution in [1.82, 2.24) is 10.2 Å². The standard InChI is InChI=1S/C18H28N4S/c1-19-17(20-14-18(7-3-8-18)15-5-6-15)22-11-9-21(10-12-22)16-4-2-13-23-16/h2,4,13,15H,3,5-12,14H2,1H3,(H,19,20). The smallest absolute Gasteiger partial charge is 0.193 e. The highest BCUT2D eigenvalue weighted by Gasteiger charge is 2.48. The maximum Gasteiger partial charge on any atom is 0.193 e. The Bertz CT molecular complexity index is 537. The Hall–Kier alpha value is -1.23. The van der Waals surface area contributed by atoms with Crippen LogP contribution in [0.4, 0.5) is 5.00 Å². The van der Waals surface area contributed by atoms with E-state index in [4.69, 9.17) is 0 Å². The van der Waals surface area contributed by atoms with Crippen LogP contribution in [-0.4, -0.2) is 50.6 Å². The van der Waals surface area contributed by atoms with Gasteiger partial charge in [-0.1, -0.05) is 6.42 Å². The van der Waals surface area contributed by atoms with Crippen LogP contribution in [0.25, 0.3) is 0 Å². The molecule has 0 unspecified atom stereocenters. The lowest BCUT2D eigenvalue weighted by Gasteiger charge is -2.44. The van der Waals surface area contributed by atoms with Crippen LogP contribution < -0.4 is 10.2 Å². The zero-order valence-corrected chi connectivity index (χ0v) is 14.9. The van der Waals surface area contributed by atoms with Crippen LogP contribution in [0.5, 0.6) is 0 Å². The average molecular weight is 333 g/mol. The molecule has 4 nitrogen and oxygen atoms in total. The summed E-state index contributed by atoms with van der Waals surface area (Å²) in [6.07, 6.45) is 7.19. The van der Waals surface area contributed by atoms with Gasteiger partial charge in [0.15, 0.2) is 5.96 Å². The first-order valence-electron chi connectivity index (χ1n) is 9.05. The highest BCUT2D eigenvalue weighted by molar-refractivity contribution is 7.14. The van der Waals surface area contributed by atoms with Crippen molar-refractivity contribution in [1.29, 1.82) is 0 Å². The fourth-order valence-electron chi connectivity index (χ4n) is 4.23. The minimum absolute atomic E-state index is 0.606. The fourth-order valence-corrected chi connectivity index (χ4v) is 5.02. The second kappa shape index (κ2) is 6.34. The van der Waals surface area contributed by atoms with Gasteiger partial charge >= 0.3 is 0 Å². The van der Waals surface area contributed by atoms with Gasteiger partial charge in [0.05, 0.1) is 5.00 Å². The third kappa shape index (κ3) is 3.08. The lowest BCUT2D eigenvalue weighted by molar-refractivity contribution is 0.104. The number of hydrogen-bond donors (Lipinski definition) is 1. The van der Waals surface area contributed by atoms with Crippen molar-refractivity contribution in [2.24, 2.45) is 16.3 Å². The van der Waals surface area contributed by atoms with E-state index in [2.05, 4.69) is 37.6 Å². The molecule has 126 valence electrons. The van der Waals surface area contributed by atoms with Crippen molar-refractivity contribution in [2.75, 3.05) is 44.7 Å². The second-order valence-electron chi connectivity index (χ2n) is 7.32. The van der Waals surface area contributed by atoms with E-state index in [-0.39, 0.29) is 0 Å². The van der Waals surface area contributed by atoms with Gasteiger partial charge in [-0.25, -0.2) is 0 Å². The summed E-state index contributed by atoms with van der Waals surface area (Å²) in [4.78, 5) is 9.48. The van der Waals surface area contributed by atoms with E-state index < -0.39 is 0 Å². The molecule has 2 aliphatic carbocycles. The number of nitrogens with one attached hydrogen (secondary N) is 1. The molecule has 0 atom stereocenters. The van der Waals surface area contributed by atoms with E-state index in [0.717, 1.165) is 44.6 Å². The van der Waals surface area contributed by atoms with E-state index in [0.29, 0.717) is 5.41 Å². The van der Waals surface area contributed by atoms with Gasteiger partial charge in [-0.2, -0.15) is 0 Å². The monoisotopic (exact) mass is 332 g/mol. The molecule has 1 aliphatic heterocycles. The van der Waals surface area contributed by atoms with Crippen LogP contribution in [0.3, 0.4) is 0 Å². The van der Waals surface area contributed by atoms with E-state index in [1.165, 1.54) is 37.1 Å². The van der Waals surface area contributed by atoms with E-state index in [1.807, 2.05) is 18.4 Å². The number of rotatable bonds is 4. The summed E-state index contributed by atoms with van der Waals surface area (Å²) in [6.45, 7) is 5.45. The molecule has 1 aromatic rings. The quantitative estimate of drug-likeness (QED) is 0.679. The van der Waals surface area contributed by atoms with Gasteiger partial charge in [-0.05, 0) is 54.5 Å². The Kier molecular flexibility index (Phi) is 4.22. The molecule has 23 heavy (non-hydrogen) atoms. The fraction of sp³-hybridized carbons (Fsp3) is 0.722. The van der Waals surface area contributed by atoms with Crippen molar-refractivity contribution in [2.45, 2.75) is 32.1 Å². The lowest BCUT2D eigenvalue weighted by Crippen LogP contribution is -2.54. The molecule has 2 saturated carbocycles. The molecule has 1 aromatic heterocycles. The SMILES string of the molecule is CN=C(NCC1(C2CC2)CCC1)N1CCN(c2cccs2)CC1. The van der Waals surface area contributed by atoms with Crippen molar-refractivity contribution < 1.29 is 0 Å². The van der Waals surface area contributed by atoms with Gasteiger partial charge in [-0.3, -0.25) is 4.99 Å². The van der Waals surface area contributed by atoms with Crippen LogP contribution in [-0.2, 0) is 0 Å². The second-order valence-corrected chi connectivity index (χ2v) is 8.24. The normalized spacial score (nSPS) is 24.5. The molecular formula is C18H28N4S. The average Bonchev–Trinajstić information content (AvgIpc) is 3.24. The minimum Gasteiger partial charge on any atom is -0.360 e. The summed E-state index contributed by atoms with van der Waals surface area (Å²) in [7, 11) is 1.93. The Balaban J connectivity index is 1.30. The van der Waals surface area contributed by atoms with Gasteiger partial charge in [0.25, 0.3) is 0 Å². The summed E-state index contributed by atoms with van der Waals surface area (Å²) >= 11 is 1.84. The molecular weight excluding hydrogens is 304 g/mol. The maximum absolute atomic E-state index is 4.56. The first kappa shape index (κ1) is 15.3. The van der Waals surface area contributed by atoms with Gasteiger partial charge in [-0.15, -0.1) is 11.3 Å². The largest absolute Gasteiger partial charge is 0.360 e. The summed E-state index contributed by atoms with van der Waals surface area (Å²) in [5, 5.41) is 7.28. The van der Waals surface area contributed by atoms with Crippen molar-refractivity contribution in [3.8, 4) is 0 Å². The molecule has 1 N–H and O–H groups in total. The third-order valence-electron chi connectivity index (χ3n) is 6.00. The minimum atomic E-state index is 0.606. The van der Waals surface area contributed by atoms with Crippen molar-refractivity contribution >= 4 is 22.3 Å². The first-order chi connectivity index (χ1) is 11.3. The lowest BCUT2D eigenvalue weighted by atomic mass is 9.65. The molecule has 0 amide bonds. The van der Waals surface area contributed by atoms with Gasteiger partial charge < -0.3 is 15.1 Å². The van der Waals surface area contributed by atoms with Crippen LogP contribution in [0.2, 0.25) is 0 Å². The molecule has 5 heteroatoms. The number of thiophene rings is 1. The van der Waals surface area contributed by atoms with Gasteiger partial charge in [0.1, 0.15) is 0 Å². The van der Waals surface area contributed by atoms with Crippen LogP contribution in [0.15, 0.2) is 22.5 Å². The molecule has 0 radical (unpaired) electrons. The molecule has 0 aromatic carbocycles. The van der Waals surface area contributed by atoms with Crippen LogP contribution in [0.1, 0.15) is 32.1 Å². The molecule has 3 fully saturated rings. The van der Waals surface area contributed by atoms with Crippen LogP contribution >= 0.6 is 11.3 Å². The summed E-state index contributed by atoms with van der Waals surface area (Å²) in [5.74, 6) is 2.11. The van der Waals surface area contributed by atoms with Crippen molar-refractivity contribution in [3.05, 3.63) is 17.5 Å². The number of piperazine rings is 1. The molecule has 2 heterocycles. The number of nitrogens with zero attached hydrogens (tertiary/aromatic N) is 3. The van der Waals surface area contributed by atoms with E-state index in [1.54, 1.807) is 0 Å². The highest BCUT2D eigenvalue weighted by atomic mass is 32.1. The Labute approximate surface area is 143 Å². The predicted octanol–water partition coefficient (Wildman–Crippen LogP) is 3.03. The number of anilines is 1. The number of aliphatic imine (C=N–C) groups is 1. The highest BCUT2D eigenvalue weighted by Crippen LogP contribution is 2.56. The number of hydrogen-bond acceptors (Lipinski definition) is 3. The Morgan fingerprint density at radius 2 is 2.09 bits per heavy atom. The zero-order chi connectivity index (χ0) is 15.7. The number of guanidine groups is 1. The summed E-state index contributed by atoms with van der Waals surface area (Å²) < 4.78 is 0. The Morgan fingerprint density at radius 3 is 2.61 bits per heavy atom. The van der Waals surface area contributed by atoms with Gasteiger partial charge in [0, 0.05) is 39.8 Å². The van der Waals surface area contributed by atoms with Crippen molar-refractivity contribution in [3.63, 3.8) is 0 Å². The van der Waals surface area contributed by atoms with Crippen LogP contribution in [0, 0.1) is 11.3 Å². The third-order valence-corrected chi connectivity index (χ3v) is 6.93.